The molecule has 264 valence electrons. The number of halogens is 3. The Morgan fingerprint density at radius 2 is 1.96 bits per heavy atom. The van der Waals surface area contributed by atoms with Gasteiger partial charge in [0.05, 0.1) is 35.6 Å². The molecule has 5 heterocycles. The number of benzene rings is 1. The van der Waals surface area contributed by atoms with E-state index >= 15 is 0 Å². The van der Waals surface area contributed by atoms with E-state index in [1.54, 1.807) is 31.2 Å². The summed E-state index contributed by atoms with van der Waals surface area (Å²) in [4.78, 5) is 28.0. The molecule has 1 aromatic carbocycles. The van der Waals surface area contributed by atoms with Crippen LogP contribution in [0.2, 0.25) is 5.02 Å². The average Bonchev–Trinajstić information content (AvgIpc) is 3.57. The van der Waals surface area contributed by atoms with E-state index in [9.17, 15) is 27.3 Å². The molecule has 1 aliphatic carbocycles. The molecule has 51 heavy (non-hydrogen) atoms. The van der Waals surface area contributed by atoms with E-state index in [1.165, 1.54) is 33.0 Å². The van der Waals surface area contributed by atoms with Gasteiger partial charge in [-0.15, -0.1) is 11.8 Å². The number of rotatable bonds is 6. The molecule has 0 unspecified atom stereocenters. The largest absolute Gasteiger partial charge is 0.355 e. The minimum Gasteiger partial charge on any atom is -0.355 e. The van der Waals surface area contributed by atoms with Gasteiger partial charge in [-0.05, 0) is 50.1 Å². The first-order valence-corrected chi connectivity index (χ1v) is 19.7. The molecule has 0 amide bonds. The number of allylic oxidation sites excluding steroid dienone is 2. The van der Waals surface area contributed by atoms with Gasteiger partial charge in [-0.25, -0.2) is 31.5 Å². The van der Waals surface area contributed by atoms with Crippen LogP contribution in [-0.2, 0) is 16.6 Å². The van der Waals surface area contributed by atoms with Crippen LogP contribution in [0.1, 0.15) is 48.2 Å². The van der Waals surface area contributed by atoms with Gasteiger partial charge in [0.2, 0.25) is 10.0 Å². The van der Waals surface area contributed by atoms with Crippen molar-refractivity contribution in [1.82, 2.24) is 23.7 Å². The summed E-state index contributed by atoms with van der Waals surface area (Å²) in [5, 5.41) is 11.0. The summed E-state index contributed by atoms with van der Waals surface area (Å²) in [6, 6.07) is 7.45. The number of fused-ring (bicyclic) bond motifs is 2. The number of alkyl halides is 2. The summed E-state index contributed by atoms with van der Waals surface area (Å²) >= 11 is 7.95. The summed E-state index contributed by atoms with van der Waals surface area (Å²) in [6.07, 6.45) is 9.09. The molecule has 15 heteroatoms. The Bertz CT molecular complexity index is 2320. The van der Waals surface area contributed by atoms with Crippen LogP contribution in [-0.4, -0.2) is 82.3 Å². The Labute approximate surface area is 304 Å². The van der Waals surface area contributed by atoms with Crippen molar-refractivity contribution in [3.05, 3.63) is 91.2 Å². The van der Waals surface area contributed by atoms with Gasteiger partial charge in [-0.2, -0.15) is 5.26 Å². The first-order chi connectivity index (χ1) is 24.3. The normalized spacial score (nSPS) is 19.3. The molecule has 2 fully saturated rings. The molecule has 1 saturated carbocycles. The van der Waals surface area contributed by atoms with Gasteiger partial charge in [0.15, 0.2) is 0 Å². The van der Waals surface area contributed by atoms with Gasteiger partial charge < -0.3 is 4.90 Å². The average molecular weight is 750 g/mol. The highest BCUT2D eigenvalue weighted by Gasteiger charge is 2.48. The number of anilines is 1. The number of aryl methyl sites for hydroxylation is 1. The van der Waals surface area contributed by atoms with E-state index in [4.69, 9.17) is 11.6 Å². The molecule has 2 aromatic heterocycles. The Balaban J connectivity index is 1.17. The zero-order chi connectivity index (χ0) is 36.2. The van der Waals surface area contributed by atoms with Gasteiger partial charge in [-0.3, -0.25) is 14.3 Å². The summed E-state index contributed by atoms with van der Waals surface area (Å²) in [6.45, 7) is 3.05. The third-order valence-corrected chi connectivity index (χ3v) is 12.3. The van der Waals surface area contributed by atoms with Gasteiger partial charge in [0.1, 0.15) is 23.3 Å². The SMILES string of the molecule is Cc1nc2cnc(N(C)C3CCN(C4CC(F)(F)C4)CC3)c(C#N)c2c(=O)n1CC#Cc1ccc(Cl)cc1C1=C2SCC=C2N(S(C)(=O)=O)C=C1. The van der Waals surface area contributed by atoms with Crippen molar-refractivity contribution < 1.29 is 17.2 Å². The highest BCUT2D eigenvalue weighted by atomic mass is 35.5. The maximum Gasteiger partial charge on any atom is 0.263 e. The van der Waals surface area contributed by atoms with E-state index < -0.39 is 21.5 Å². The molecule has 1 saturated heterocycles. The molecule has 0 atom stereocenters. The lowest BCUT2D eigenvalue weighted by Gasteiger charge is -2.46. The van der Waals surface area contributed by atoms with E-state index in [-0.39, 0.29) is 42.4 Å². The molecule has 3 aliphatic heterocycles. The van der Waals surface area contributed by atoms with Crippen molar-refractivity contribution in [3.8, 4) is 17.9 Å². The fourth-order valence-corrected chi connectivity index (χ4v) is 9.31. The van der Waals surface area contributed by atoms with Gasteiger partial charge >= 0.3 is 0 Å². The Morgan fingerprint density at radius 1 is 1.22 bits per heavy atom. The number of aromatic nitrogens is 3. The number of likely N-dealkylation sites (tertiary alicyclic amines) is 1. The van der Waals surface area contributed by atoms with Crippen LogP contribution < -0.4 is 10.5 Å². The molecule has 0 radical (unpaired) electrons. The van der Waals surface area contributed by atoms with Gasteiger partial charge in [-0.1, -0.05) is 23.4 Å². The van der Waals surface area contributed by atoms with Crippen LogP contribution in [0.5, 0.6) is 0 Å². The number of hydrogen-bond donors (Lipinski definition) is 0. The van der Waals surface area contributed by atoms with Crippen LogP contribution in [0.3, 0.4) is 0 Å². The topological polar surface area (TPSA) is 115 Å². The van der Waals surface area contributed by atoms with Crippen molar-refractivity contribution in [2.24, 2.45) is 0 Å². The smallest absolute Gasteiger partial charge is 0.263 e. The lowest BCUT2D eigenvalue weighted by Crippen LogP contribution is -2.55. The third kappa shape index (κ3) is 6.66. The fourth-order valence-electron chi connectivity index (χ4n) is 7.21. The number of piperidine rings is 1. The standard InChI is InChI=1S/C36H34ClF2N7O3S2/c1-22-42-30-21-41-34(43(2)25-8-13-44(14-9-25)26-18-36(38,39)19-26)29(20-40)32(30)35(47)45(22)12-4-5-23-6-7-24(37)17-28(23)27-10-15-46(51(3,48)49)31-11-16-50-33(27)31/h6-7,10-11,15,17,21,25-26H,8-9,12-14,16,18-19H2,1-3H3. The molecule has 3 aromatic rings. The first-order valence-electron chi connectivity index (χ1n) is 16.4. The predicted molar refractivity (Wildman–Crippen MR) is 196 cm³/mol. The monoisotopic (exact) mass is 749 g/mol. The zero-order valence-electron chi connectivity index (χ0n) is 28.2. The van der Waals surface area contributed by atoms with Crippen molar-refractivity contribution in [1.29, 1.82) is 5.26 Å². The number of pyridine rings is 1. The summed E-state index contributed by atoms with van der Waals surface area (Å²) < 4.78 is 54.4. The molecular weight excluding hydrogens is 716 g/mol. The Kier molecular flexibility index (Phi) is 9.25. The van der Waals surface area contributed by atoms with Crippen molar-refractivity contribution in [2.45, 2.75) is 57.2 Å². The molecule has 4 aliphatic rings. The zero-order valence-corrected chi connectivity index (χ0v) is 30.5. The van der Waals surface area contributed by atoms with Crippen LogP contribution in [0.4, 0.5) is 14.6 Å². The lowest BCUT2D eigenvalue weighted by molar-refractivity contribution is -0.127. The number of nitriles is 1. The van der Waals surface area contributed by atoms with Crippen molar-refractivity contribution in [3.63, 3.8) is 0 Å². The molecule has 0 N–H and O–H groups in total. The van der Waals surface area contributed by atoms with Crippen molar-refractivity contribution in [2.75, 3.05) is 37.0 Å². The van der Waals surface area contributed by atoms with Crippen LogP contribution in [0.15, 0.2) is 58.1 Å². The number of hydrogen-bond acceptors (Lipinski definition) is 9. The molecular formula is C36H34ClF2N7O3S2. The second kappa shape index (κ2) is 13.4. The van der Waals surface area contributed by atoms with E-state index in [0.717, 1.165) is 35.1 Å². The maximum absolute atomic E-state index is 14.0. The maximum atomic E-state index is 14.0. The minimum absolute atomic E-state index is 0.00376. The number of thioether (sulfide) groups is 1. The van der Waals surface area contributed by atoms with Crippen molar-refractivity contribution >= 4 is 55.7 Å². The minimum atomic E-state index is -3.51. The number of sulfonamides is 1. The van der Waals surface area contributed by atoms with Crippen LogP contribution >= 0.6 is 23.4 Å². The highest BCUT2D eigenvalue weighted by Crippen LogP contribution is 2.45. The van der Waals surface area contributed by atoms with Crippen LogP contribution in [0.25, 0.3) is 16.5 Å². The predicted octanol–water partition coefficient (Wildman–Crippen LogP) is 5.51. The Hall–Kier alpha value is -4.21. The van der Waals surface area contributed by atoms with Gasteiger partial charge in [0, 0.05) is 83.6 Å². The number of nitrogens with zero attached hydrogens (tertiary/aromatic N) is 7. The molecule has 0 bridgehead atoms. The summed E-state index contributed by atoms with van der Waals surface area (Å²) in [5.41, 5.74) is 2.82. The second-order valence-electron chi connectivity index (χ2n) is 13.2. The Morgan fingerprint density at radius 3 is 2.65 bits per heavy atom. The second-order valence-corrected chi connectivity index (χ2v) is 16.5. The molecule has 0 spiro atoms. The summed E-state index contributed by atoms with van der Waals surface area (Å²) in [5.74, 6) is 5.14. The van der Waals surface area contributed by atoms with E-state index in [0.29, 0.717) is 52.3 Å². The lowest BCUT2D eigenvalue weighted by atomic mass is 9.85. The van der Waals surface area contributed by atoms with E-state index in [1.807, 2.05) is 18.0 Å². The summed E-state index contributed by atoms with van der Waals surface area (Å²) in [7, 11) is -1.66. The van der Waals surface area contributed by atoms with E-state index in [2.05, 4.69) is 32.8 Å². The fraction of sp³-hybridized carbons (Fsp3) is 0.389. The quantitative estimate of drug-likeness (QED) is 0.301. The van der Waals surface area contributed by atoms with Crippen LogP contribution in [0, 0.1) is 30.1 Å². The molecule has 10 nitrogen and oxygen atoms in total. The first kappa shape index (κ1) is 35.2. The molecule has 7 rings (SSSR count). The highest BCUT2D eigenvalue weighted by molar-refractivity contribution is 8.04. The third-order valence-electron chi connectivity index (χ3n) is 9.93. The van der Waals surface area contributed by atoms with Gasteiger partial charge in [0.25, 0.3) is 11.5 Å².